The largest absolute Gasteiger partial charge is 0.396 e. The number of carbonyl (C=O) groups excluding carboxylic acids is 1. The summed E-state index contributed by atoms with van der Waals surface area (Å²) in [7, 11) is 0. The van der Waals surface area contributed by atoms with Crippen LogP contribution in [0.5, 0.6) is 0 Å². The molecule has 2 rings (SSSR count). The van der Waals surface area contributed by atoms with Crippen molar-refractivity contribution in [1.82, 2.24) is 5.32 Å². The first-order valence-electron chi connectivity index (χ1n) is 8.23. The minimum absolute atomic E-state index is 0.107. The van der Waals surface area contributed by atoms with Crippen LogP contribution in [-0.2, 0) is 4.79 Å². The highest BCUT2D eigenvalue weighted by molar-refractivity contribution is 7.99. The zero-order chi connectivity index (χ0) is 15.8. The van der Waals surface area contributed by atoms with E-state index in [4.69, 9.17) is 5.11 Å². The van der Waals surface area contributed by atoms with E-state index in [0.29, 0.717) is 11.7 Å². The Balaban J connectivity index is 1.90. The summed E-state index contributed by atoms with van der Waals surface area (Å²) >= 11 is 1.60. The standard InChI is InChI=1S/C18H27NO2S/c1-14(11-20)12-22-13-17(21)19-18(16-9-5-6-10-16)15-7-3-2-4-8-15/h2-4,7-8,14,16,18,20H,5-6,9-13H2,1H3,(H,19,21). The van der Waals surface area contributed by atoms with Gasteiger partial charge in [-0.25, -0.2) is 0 Å². The molecule has 1 aliphatic rings. The molecule has 0 saturated heterocycles. The Morgan fingerprint density at radius 3 is 2.64 bits per heavy atom. The lowest BCUT2D eigenvalue weighted by Gasteiger charge is -2.25. The van der Waals surface area contributed by atoms with Gasteiger partial charge in [0.15, 0.2) is 0 Å². The molecule has 3 nitrogen and oxygen atoms in total. The third-order valence-corrected chi connectivity index (χ3v) is 5.56. The SMILES string of the molecule is CC(CO)CSCC(=O)NC(c1ccccc1)C1CCCC1. The number of thioether (sulfide) groups is 1. The lowest BCUT2D eigenvalue weighted by atomic mass is 9.91. The highest BCUT2D eigenvalue weighted by atomic mass is 32.2. The maximum absolute atomic E-state index is 12.3. The van der Waals surface area contributed by atoms with Gasteiger partial charge < -0.3 is 10.4 Å². The molecule has 1 amide bonds. The Morgan fingerprint density at radius 2 is 2.00 bits per heavy atom. The van der Waals surface area contributed by atoms with Crippen LogP contribution in [0.15, 0.2) is 30.3 Å². The van der Waals surface area contributed by atoms with Crippen LogP contribution in [0.3, 0.4) is 0 Å². The highest BCUT2D eigenvalue weighted by Gasteiger charge is 2.27. The minimum Gasteiger partial charge on any atom is -0.396 e. The second-order valence-corrected chi connectivity index (χ2v) is 7.33. The number of hydrogen-bond acceptors (Lipinski definition) is 3. The summed E-state index contributed by atoms with van der Waals surface area (Å²) < 4.78 is 0. The zero-order valence-corrected chi connectivity index (χ0v) is 14.1. The Bertz CT molecular complexity index is 446. The lowest BCUT2D eigenvalue weighted by Crippen LogP contribution is -2.34. The normalized spacial score (nSPS) is 18.1. The molecule has 1 saturated carbocycles. The molecule has 0 spiro atoms. The second kappa shape index (κ2) is 9.21. The monoisotopic (exact) mass is 321 g/mol. The summed E-state index contributed by atoms with van der Waals surface area (Å²) in [5.74, 6) is 2.21. The molecule has 0 heterocycles. The summed E-state index contributed by atoms with van der Waals surface area (Å²) in [6.45, 7) is 2.18. The van der Waals surface area contributed by atoms with Gasteiger partial charge in [-0.1, -0.05) is 50.1 Å². The van der Waals surface area contributed by atoms with Gasteiger partial charge in [-0.05, 0) is 36.0 Å². The van der Waals surface area contributed by atoms with Crippen LogP contribution in [0.2, 0.25) is 0 Å². The maximum atomic E-state index is 12.3. The van der Waals surface area contributed by atoms with Crippen LogP contribution in [0.1, 0.15) is 44.2 Å². The third-order valence-electron chi connectivity index (χ3n) is 4.29. The number of aliphatic hydroxyl groups is 1. The van der Waals surface area contributed by atoms with Crippen LogP contribution >= 0.6 is 11.8 Å². The quantitative estimate of drug-likeness (QED) is 0.771. The van der Waals surface area contributed by atoms with Crippen molar-refractivity contribution in [3.8, 4) is 0 Å². The van der Waals surface area contributed by atoms with Crippen LogP contribution in [-0.4, -0.2) is 29.1 Å². The molecule has 0 aromatic heterocycles. The molecule has 2 N–H and O–H groups in total. The number of nitrogens with one attached hydrogen (secondary N) is 1. The average Bonchev–Trinajstić information content (AvgIpc) is 3.07. The fourth-order valence-corrected chi connectivity index (χ4v) is 3.94. The van der Waals surface area contributed by atoms with Crippen molar-refractivity contribution in [3.63, 3.8) is 0 Å². The number of hydrogen-bond donors (Lipinski definition) is 2. The first kappa shape index (κ1) is 17.4. The maximum Gasteiger partial charge on any atom is 0.230 e. The summed E-state index contributed by atoms with van der Waals surface area (Å²) in [6, 6.07) is 10.5. The smallest absolute Gasteiger partial charge is 0.230 e. The number of aliphatic hydroxyl groups excluding tert-OH is 1. The number of rotatable bonds is 8. The van der Waals surface area contributed by atoms with Crippen molar-refractivity contribution >= 4 is 17.7 Å². The Labute approximate surface area is 137 Å². The number of carbonyl (C=O) groups is 1. The van der Waals surface area contributed by atoms with Gasteiger partial charge in [0.05, 0.1) is 11.8 Å². The van der Waals surface area contributed by atoms with E-state index >= 15 is 0 Å². The van der Waals surface area contributed by atoms with Crippen LogP contribution in [0, 0.1) is 11.8 Å². The fourth-order valence-electron chi connectivity index (χ4n) is 3.05. The lowest BCUT2D eigenvalue weighted by molar-refractivity contribution is -0.119. The molecule has 0 bridgehead atoms. The predicted molar refractivity (Wildman–Crippen MR) is 92.9 cm³/mol. The van der Waals surface area contributed by atoms with Crippen LogP contribution < -0.4 is 5.32 Å². The highest BCUT2D eigenvalue weighted by Crippen LogP contribution is 2.35. The first-order valence-corrected chi connectivity index (χ1v) is 9.39. The van der Waals surface area contributed by atoms with E-state index in [2.05, 4.69) is 17.4 Å². The van der Waals surface area contributed by atoms with E-state index in [-0.39, 0.29) is 24.5 Å². The van der Waals surface area contributed by atoms with Crippen molar-refractivity contribution in [1.29, 1.82) is 0 Å². The molecule has 4 heteroatoms. The molecular weight excluding hydrogens is 294 g/mol. The van der Waals surface area contributed by atoms with Gasteiger partial charge in [0, 0.05) is 6.61 Å². The van der Waals surface area contributed by atoms with Gasteiger partial charge in [-0.15, -0.1) is 0 Å². The Morgan fingerprint density at radius 1 is 1.32 bits per heavy atom. The molecule has 0 aliphatic heterocycles. The average molecular weight is 321 g/mol. The summed E-state index contributed by atoms with van der Waals surface area (Å²) in [5.41, 5.74) is 1.22. The van der Waals surface area contributed by atoms with Crippen molar-refractivity contribution in [2.45, 2.75) is 38.6 Å². The number of amides is 1. The van der Waals surface area contributed by atoms with Crippen molar-refractivity contribution < 1.29 is 9.90 Å². The van der Waals surface area contributed by atoms with Gasteiger partial charge in [0.1, 0.15) is 0 Å². The second-order valence-electron chi connectivity index (χ2n) is 6.30. The summed E-state index contributed by atoms with van der Waals surface area (Å²) in [4.78, 5) is 12.3. The van der Waals surface area contributed by atoms with E-state index in [1.165, 1.54) is 31.2 Å². The third kappa shape index (κ3) is 5.33. The van der Waals surface area contributed by atoms with Crippen molar-refractivity contribution in [2.24, 2.45) is 11.8 Å². The van der Waals surface area contributed by atoms with Crippen molar-refractivity contribution in [3.05, 3.63) is 35.9 Å². The molecule has 2 atom stereocenters. The summed E-state index contributed by atoms with van der Waals surface area (Å²) in [5, 5.41) is 12.3. The Hall–Kier alpha value is -1.00. The zero-order valence-electron chi connectivity index (χ0n) is 13.3. The molecule has 0 radical (unpaired) electrons. The van der Waals surface area contributed by atoms with E-state index in [9.17, 15) is 4.79 Å². The minimum atomic E-state index is 0.107. The van der Waals surface area contributed by atoms with Gasteiger partial charge >= 0.3 is 0 Å². The summed E-state index contributed by atoms with van der Waals surface area (Å²) in [6.07, 6.45) is 4.95. The first-order chi connectivity index (χ1) is 10.7. The van der Waals surface area contributed by atoms with Gasteiger partial charge in [-0.3, -0.25) is 4.79 Å². The van der Waals surface area contributed by atoms with E-state index in [0.717, 1.165) is 5.75 Å². The molecule has 1 aromatic carbocycles. The number of benzene rings is 1. The van der Waals surface area contributed by atoms with Crippen LogP contribution in [0.25, 0.3) is 0 Å². The van der Waals surface area contributed by atoms with Gasteiger partial charge in [0.2, 0.25) is 5.91 Å². The molecule has 1 aliphatic carbocycles. The molecule has 22 heavy (non-hydrogen) atoms. The van der Waals surface area contributed by atoms with E-state index in [1.54, 1.807) is 11.8 Å². The Kier molecular flexibility index (Phi) is 7.26. The molecule has 2 unspecified atom stereocenters. The van der Waals surface area contributed by atoms with Gasteiger partial charge in [-0.2, -0.15) is 11.8 Å². The fraction of sp³-hybridized carbons (Fsp3) is 0.611. The van der Waals surface area contributed by atoms with E-state index < -0.39 is 0 Å². The van der Waals surface area contributed by atoms with Gasteiger partial charge in [0.25, 0.3) is 0 Å². The molecule has 122 valence electrons. The molecule has 1 fully saturated rings. The van der Waals surface area contributed by atoms with E-state index in [1.807, 2.05) is 25.1 Å². The predicted octanol–water partition coefficient (Wildman–Crippen LogP) is 3.40. The molecular formula is C18H27NO2S. The molecule has 1 aromatic rings. The van der Waals surface area contributed by atoms with Crippen LogP contribution in [0.4, 0.5) is 0 Å². The van der Waals surface area contributed by atoms with Crippen molar-refractivity contribution in [2.75, 3.05) is 18.1 Å². The topological polar surface area (TPSA) is 49.3 Å².